The summed E-state index contributed by atoms with van der Waals surface area (Å²) in [5.74, 6) is -0.105. The summed E-state index contributed by atoms with van der Waals surface area (Å²) in [7, 11) is 2.10. The molecule has 164 valence electrons. The van der Waals surface area contributed by atoms with Crippen molar-refractivity contribution in [2.45, 2.75) is 19.1 Å². The maximum atomic E-state index is 13.0. The SMILES string of the molecule is C=CC(=O)N1CCc2c(cc(-c3ccc(C(F)(F)F)cc3)cc2N2CCN(C)CC2)C1. The molecule has 0 bridgehead atoms. The summed E-state index contributed by atoms with van der Waals surface area (Å²) in [4.78, 5) is 18.6. The number of rotatable bonds is 3. The molecule has 1 saturated heterocycles. The molecule has 2 aromatic carbocycles. The van der Waals surface area contributed by atoms with E-state index in [-0.39, 0.29) is 5.91 Å². The number of fused-ring (bicyclic) bond motifs is 1. The number of nitrogens with zero attached hydrogens (tertiary/aromatic N) is 3. The first-order valence-electron chi connectivity index (χ1n) is 10.4. The van der Waals surface area contributed by atoms with E-state index in [1.807, 2.05) is 6.07 Å². The van der Waals surface area contributed by atoms with E-state index in [1.165, 1.54) is 23.8 Å². The van der Waals surface area contributed by atoms with Crippen molar-refractivity contribution in [2.24, 2.45) is 0 Å². The lowest BCUT2D eigenvalue weighted by molar-refractivity contribution is -0.137. The third kappa shape index (κ3) is 4.46. The standard InChI is InChI=1S/C24H26F3N3O/c1-3-23(31)30-9-8-21-19(16-30)14-18(15-22(21)29-12-10-28(2)11-13-29)17-4-6-20(7-5-17)24(25,26)27/h3-7,14-15H,1,8-13,16H2,2H3. The molecule has 0 unspecified atom stereocenters. The van der Waals surface area contributed by atoms with Gasteiger partial charge in [-0.05, 0) is 66.1 Å². The topological polar surface area (TPSA) is 26.8 Å². The molecule has 0 N–H and O–H groups in total. The van der Waals surface area contributed by atoms with Crippen LogP contribution in [0.25, 0.3) is 11.1 Å². The Morgan fingerprint density at radius 3 is 2.29 bits per heavy atom. The minimum atomic E-state index is -4.36. The van der Waals surface area contributed by atoms with E-state index in [0.717, 1.165) is 67.1 Å². The van der Waals surface area contributed by atoms with E-state index in [2.05, 4.69) is 29.5 Å². The highest BCUT2D eigenvalue weighted by Crippen LogP contribution is 2.36. The van der Waals surface area contributed by atoms with Gasteiger partial charge in [0.15, 0.2) is 0 Å². The molecular weight excluding hydrogens is 403 g/mol. The fourth-order valence-corrected chi connectivity index (χ4v) is 4.34. The lowest BCUT2D eigenvalue weighted by atomic mass is 9.91. The molecule has 2 aliphatic rings. The number of hydrogen-bond donors (Lipinski definition) is 0. The summed E-state index contributed by atoms with van der Waals surface area (Å²) in [6.07, 6.45) is -2.28. The molecule has 0 radical (unpaired) electrons. The number of amides is 1. The molecule has 1 fully saturated rings. The lowest BCUT2D eigenvalue weighted by Gasteiger charge is -2.38. The van der Waals surface area contributed by atoms with Crippen LogP contribution in [0.4, 0.5) is 18.9 Å². The van der Waals surface area contributed by atoms with Gasteiger partial charge in [0.2, 0.25) is 5.91 Å². The van der Waals surface area contributed by atoms with Crippen molar-refractivity contribution in [1.29, 1.82) is 0 Å². The van der Waals surface area contributed by atoms with E-state index in [4.69, 9.17) is 0 Å². The third-order valence-electron chi connectivity index (χ3n) is 6.19. The van der Waals surface area contributed by atoms with Gasteiger partial charge in [-0.3, -0.25) is 4.79 Å². The van der Waals surface area contributed by atoms with Crippen LogP contribution in [0.15, 0.2) is 49.1 Å². The molecule has 31 heavy (non-hydrogen) atoms. The molecule has 2 aliphatic heterocycles. The molecule has 2 heterocycles. The Kier molecular flexibility index (Phi) is 5.79. The Morgan fingerprint density at radius 1 is 1.00 bits per heavy atom. The van der Waals surface area contributed by atoms with Crippen LogP contribution in [0.3, 0.4) is 0 Å². The monoisotopic (exact) mass is 429 g/mol. The second-order valence-electron chi connectivity index (χ2n) is 8.21. The first-order valence-corrected chi connectivity index (χ1v) is 10.4. The van der Waals surface area contributed by atoms with Crippen molar-refractivity contribution >= 4 is 11.6 Å². The van der Waals surface area contributed by atoms with Gasteiger partial charge < -0.3 is 14.7 Å². The van der Waals surface area contributed by atoms with Gasteiger partial charge in [0, 0.05) is 45.0 Å². The molecule has 4 rings (SSSR count). The Balaban J connectivity index is 1.74. The molecule has 0 atom stereocenters. The molecule has 0 aliphatic carbocycles. The summed E-state index contributed by atoms with van der Waals surface area (Å²) in [5.41, 5.74) is 4.36. The first kappa shape index (κ1) is 21.4. The van der Waals surface area contributed by atoms with Crippen molar-refractivity contribution in [1.82, 2.24) is 9.80 Å². The fraction of sp³-hybridized carbons (Fsp3) is 0.375. The van der Waals surface area contributed by atoms with Crippen molar-refractivity contribution in [2.75, 3.05) is 44.7 Å². The second-order valence-corrected chi connectivity index (χ2v) is 8.21. The van der Waals surface area contributed by atoms with Gasteiger partial charge in [-0.15, -0.1) is 0 Å². The van der Waals surface area contributed by atoms with E-state index in [1.54, 1.807) is 4.90 Å². The number of carbonyl (C=O) groups is 1. The minimum absolute atomic E-state index is 0.105. The zero-order valence-electron chi connectivity index (χ0n) is 17.6. The molecule has 2 aromatic rings. The summed E-state index contributed by atoms with van der Waals surface area (Å²) >= 11 is 0. The average molecular weight is 429 g/mol. The van der Waals surface area contributed by atoms with Crippen molar-refractivity contribution in [3.8, 4) is 11.1 Å². The number of hydrogen-bond acceptors (Lipinski definition) is 3. The Bertz CT molecular complexity index is 977. The van der Waals surface area contributed by atoms with E-state index >= 15 is 0 Å². The van der Waals surface area contributed by atoms with Gasteiger partial charge >= 0.3 is 6.18 Å². The van der Waals surface area contributed by atoms with Crippen LogP contribution in [0, 0.1) is 0 Å². The van der Waals surface area contributed by atoms with Crippen LogP contribution in [0.5, 0.6) is 0 Å². The molecule has 0 aromatic heterocycles. The summed E-state index contributed by atoms with van der Waals surface area (Å²) in [6, 6.07) is 9.40. The number of alkyl halides is 3. The van der Waals surface area contributed by atoms with Crippen LogP contribution >= 0.6 is 0 Å². The molecule has 0 spiro atoms. The molecular formula is C24H26F3N3O. The van der Waals surface area contributed by atoms with Crippen molar-refractivity contribution in [3.05, 3.63) is 65.7 Å². The predicted molar refractivity (Wildman–Crippen MR) is 116 cm³/mol. The van der Waals surface area contributed by atoms with Gasteiger partial charge in [-0.2, -0.15) is 13.2 Å². The van der Waals surface area contributed by atoms with E-state index in [9.17, 15) is 18.0 Å². The zero-order valence-corrected chi connectivity index (χ0v) is 17.6. The van der Waals surface area contributed by atoms with Crippen molar-refractivity contribution < 1.29 is 18.0 Å². The number of anilines is 1. The van der Waals surface area contributed by atoms with Crippen LogP contribution in [0.2, 0.25) is 0 Å². The summed E-state index contributed by atoms with van der Waals surface area (Å²) < 4.78 is 38.9. The Morgan fingerprint density at radius 2 is 1.68 bits per heavy atom. The zero-order chi connectivity index (χ0) is 22.2. The quantitative estimate of drug-likeness (QED) is 0.685. The molecule has 1 amide bonds. The summed E-state index contributed by atoms with van der Waals surface area (Å²) in [6.45, 7) is 8.42. The lowest BCUT2D eigenvalue weighted by Crippen LogP contribution is -2.45. The van der Waals surface area contributed by atoms with E-state index in [0.29, 0.717) is 13.1 Å². The third-order valence-corrected chi connectivity index (χ3v) is 6.19. The maximum Gasteiger partial charge on any atom is 0.416 e. The van der Waals surface area contributed by atoms with Gasteiger partial charge in [0.25, 0.3) is 0 Å². The predicted octanol–water partition coefficient (Wildman–Crippen LogP) is 4.19. The highest BCUT2D eigenvalue weighted by atomic mass is 19.4. The van der Waals surface area contributed by atoms with Crippen LogP contribution in [0.1, 0.15) is 16.7 Å². The fourth-order valence-electron chi connectivity index (χ4n) is 4.34. The van der Waals surface area contributed by atoms with E-state index < -0.39 is 11.7 Å². The number of carbonyl (C=O) groups excluding carboxylic acids is 1. The average Bonchev–Trinajstić information content (AvgIpc) is 2.77. The molecule has 7 heteroatoms. The Labute approximate surface area is 180 Å². The Hall–Kier alpha value is -2.80. The van der Waals surface area contributed by atoms with Gasteiger partial charge in [-0.1, -0.05) is 18.7 Å². The molecule has 4 nitrogen and oxygen atoms in total. The van der Waals surface area contributed by atoms with Gasteiger partial charge in [0.1, 0.15) is 0 Å². The number of halogens is 3. The maximum absolute atomic E-state index is 13.0. The van der Waals surface area contributed by atoms with Gasteiger partial charge in [-0.25, -0.2) is 0 Å². The van der Waals surface area contributed by atoms with Crippen LogP contribution < -0.4 is 4.90 Å². The smallest absolute Gasteiger partial charge is 0.369 e. The minimum Gasteiger partial charge on any atom is -0.369 e. The van der Waals surface area contributed by atoms with Gasteiger partial charge in [0.05, 0.1) is 5.56 Å². The highest BCUT2D eigenvalue weighted by Gasteiger charge is 2.30. The van der Waals surface area contributed by atoms with Crippen molar-refractivity contribution in [3.63, 3.8) is 0 Å². The highest BCUT2D eigenvalue weighted by molar-refractivity contribution is 5.87. The second kappa shape index (κ2) is 8.38. The molecule has 0 saturated carbocycles. The van der Waals surface area contributed by atoms with Crippen LogP contribution in [-0.4, -0.2) is 55.5 Å². The number of piperazine rings is 1. The normalized spacial score (nSPS) is 17.4. The largest absolute Gasteiger partial charge is 0.416 e. The first-order chi connectivity index (χ1) is 14.8. The summed E-state index contributed by atoms with van der Waals surface area (Å²) in [5, 5.41) is 0. The number of benzene rings is 2. The van der Waals surface area contributed by atoms with Crippen LogP contribution in [-0.2, 0) is 23.9 Å². The number of likely N-dealkylation sites (N-methyl/N-ethyl adjacent to an activating group) is 1.